The summed E-state index contributed by atoms with van der Waals surface area (Å²) in [5.41, 5.74) is 2.63. The molecule has 1 heterocycles. The normalized spacial score (nSPS) is 21.0. The Bertz CT molecular complexity index is 993. The van der Waals surface area contributed by atoms with E-state index in [9.17, 15) is 14.4 Å². The summed E-state index contributed by atoms with van der Waals surface area (Å²) in [6, 6.07) is 8.22. The number of carbonyl (C=O) groups excluding carboxylic acids is 1. The minimum absolute atomic E-state index is 0.0542. The Kier molecular flexibility index (Phi) is 6.82. The molecule has 2 aliphatic rings. The molecule has 0 atom stereocenters. The van der Waals surface area contributed by atoms with Crippen LogP contribution in [-0.4, -0.2) is 39.6 Å². The van der Waals surface area contributed by atoms with Crippen molar-refractivity contribution in [3.8, 4) is 0 Å². The summed E-state index contributed by atoms with van der Waals surface area (Å²) in [4.78, 5) is 40.7. The van der Waals surface area contributed by atoms with Crippen LogP contribution in [0, 0.1) is 11.8 Å². The lowest BCUT2D eigenvalue weighted by Crippen LogP contribution is -2.42. The summed E-state index contributed by atoms with van der Waals surface area (Å²) in [5, 5.41) is 6.35. The molecule has 7 nitrogen and oxygen atoms in total. The van der Waals surface area contributed by atoms with E-state index in [1.807, 2.05) is 19.0 Å². The lowest BCUT2D eigenvalue weighted by atomic mass is 9.81. The molecule has 1 saturated carbocycles. The first-order valence-electron chi connectivity index (χ1n) is 11.8. The lowest BCUT2D eigenvalue weighted by Gasteiger charge is -2.29. The summed E-state index contributed by atoms with van der Waals surface area (Å²) in [6.45, 7) is 2.97. The average molecular weight is 439 g/mol. The molecule has 2 fully saturated rings. The van der Waals surface area contributed by atoms with Crippen molar-refractivity contribution < 1.29 is 4.79 Å². The predicted molar refractivity (Wildman–Crippen MR) is 129 cm³/mol. The maximum absolute atomic E-state index is 12.6. The van der Waals surface area contributed by atoms with E-state index in [4.69, 9.17) is 0 Å². The number of rotatable bonds is 8. The molecule has 1 saturated heterocycles. The first-order chi connectivity index (χ1) is 15.4. The third kappa shape index (κ3) is 4.81. The van der Waals surface area contributed by atoms with Gasteiger partial charge < -0.3 is 20.4 Å². The zero-order valence-electron chi connectivity index (χ0n) is 19.2. The molecule has 0 bridgehead atoms. The second-order valence-corrected chi connectivity index (χ2v) is 9.45. The Labute approximate surface area is 189 Å². The zero-order chi connectivity index (χ0) is 22.7. The van der Waals surface area contributed by atoms with Gasteiger partial charge >= 0.3 is 0 Å². The van der Waals surface area contributed by atoms with E-state index in [1.54, 1.807) is 0 Å². The highest BCUT2D eigenvalue weighted by Gasteiger charge is 2.30. The van der Waals surface area contributed by atoms with Crippen LogP contribution < -0.4 is 31.3 Å². The fourth-order valence-corrected chi connectivity index (χ4v) is 4.91. The Morgan fingerprint density at radius 3 is 2.28 bits per heavy atom. The summed E-state index contributed by atoms with van der Waals surface area (Å²) in [5.74, 6) is 0.610. The van der Waals surface area contributed by atoms with Gasteiger partial charge in [-0.15, -0.1) is 0 Å². The lowest BCUT2D eigenvalue weighted by molar-refractivity contribution is -0.126. The van der Waals surface area contributed by atoms with E-state index in [2.05, 4.69) is 39.8 Å². The van der Waals surface area contributed by atoms with Crippen LogP contribution in [0.5, 0.6) is 0 Å². The number of hydrogen-bond donors (Lipinski definition) is 2. The van der Waals surface area contributed by atoms with Crippen molar-refractivity contribution in [1.29, 1.82) is 0 Å². The van der Waals surface area contributed by atoms with Crippen molar-refractivity contribution in [3.63, 3.8) is 0 Å². The van der Waals surface area contributed by atoms with Crippen molar-refractivity contribution in [2.24, 2.45) is 11.8 Å². The summed E-state index contributed by atoms with van der Waals surface area (Å²) >= 11 is 0. The molecule has 0 radical (unpaired) electrons. The minimum Gasteiger partial charge on any atom is -0.380 e. The molecule has 1 amide bonds. The molecule has 0 aromatic heterocycles. The fraction of sp³-hybridized carbons (Fsp3) is 0.560. The molecule has 4 rings (SSSR count). The second kappa shape index (κ2) is 9.76. The van der Waals surface area contributed by atoms with Crippen LogP contribution in [-0.2, 0) is 11.3 Å². The van der Waals surface area contributed by atoms with E-state index in [0.717, 1.165) is 62.9 Å². The molecule has 172 valence electrons. The highest BCUT2D eigenvalue weighted by atomic mass is 16.2. The van der Waals surface area contributed by atoms with Gasteiger partial charge in [-0.05, 0) is 62.1 Å². The van der Waals surface area contributed by atoms with Gasteiger partial charge in [0.2, 0.25) is 5.91 Å². The molecule has 32 heavy (non-hydrogen) atoms. The number of hydrogen-bond acceptors (Lipinski definition) is 6. The van der Waals surface area contributed by atoms with Gasteiger partial charge in [0.1, 0.15) is 11.4 Å². The molecule has 0 unspecified atom stereocenters. The van der Waals surface area contributed by atoms with Crippen molar-refractivity contribution >= 4 is 23.0 Å². The molecule has 2 aromatic rings. The molecule has 2 aromatic carbocycles. The van der Waals surface area contributed by atoms with Gasteiger partial charge in [0.15, 0.2) is 0 Å². The van der Waals surface area contributed by atoms with Crippen LogP contribution >= 0.6 is 0 Å². The average Bonchev–Trinajstić information content (AvgIpc) is 3.34. The Hall–Kier alpha value is -2.83. The maximum atomic E-state index is 12.6. The number of amides is 1. The van der Waals surface area contributed by atoms with E-state index < -0.39 is 0 Å². The third-order valence-corrected chi connectivity index (χ3v) is 7.01. The van der Waals surface area contributed by atoms with Gasteiger partial charge in [0.25, 0.3) is 10.9 Å². The van der Waals surface area contributed by atoms with Gasteiger partial charge in [-0.3, -0.25) is 14.4 Å². The van der Waals surface area contributed by atoms with Crippen molar-refractivity contribution in [2.75, 3.05) is 48.8 Å². The molecule has 1 aliphatic carbocycles. The quantitative estimate of drug-likeness (QED) is 0.617. The largest absolute Gasteiger partial charge is 0.380 e. The highest BCUT2D eigenvalue weighted by molar-refractivity contribution is 5.78. The van der Waals surface area contributed by atoms with Gasteiger partial charge in [0, 0.05) is 51.9 Å². The highest BCUT2D eigenvalue weighted by Crippen LogP contribution is 2.30. The van der Waals surface area contributed by atoms with Crippen molar-refractivity contribution in [2.45, 2.75) is 45.1 Å². The molecular weight excluding hydrogens is 404 g/mol. The number of anilines is 3. The van der Waals surface area contributed by atoms with E-state index in [1.165, 1.54) is 0 Å². The predicted octanol–water partition coefficient (Wildman–Crippen LogP) is 2.48. The van der Waals surface area contributed by atoms with Gasteiger partial charge in [0.05, 0.1) is 0 Å². The van der Waals surface area contributed by atoms with Crippen LogP contribution in [0.3, 0.4) is 0 Å². The summed E-state index contributed by atoms with van der Waals surface area (Å²) in [7, 11) is 4.02. The third-order valence-electron chi connectivity index (χ3n) is 7.01. The van der Waals surface area contributed by atoms with Crippen molar-refractivity contribution in [3.05, 3.63) is 50.3 Å². The fourth-order valence-electron chi connectivity index (χ4n) is 4.91. The number of nitrogens with zero attached hydrogens (tertiary/aromatic N) is 2. The number of nitrogens with one attached hydrogen (secondary N) is 2. The first kappa shape index (κ1) is 22.4. The number of benzene rings is 1. The summed E-state index contributed by atoms with van der Waals surface area (Å²) in [6.07, 6.45) is 5.79. The van der Waals surface area contributed by atoms with E-state index in [-0.39, 0.29) is 22.7 Å². The molecule has 1 aliphatic heterocycles. The van der Waals surface area contributed by atoms with Crippen LogP contribution in [0.1, 0.15) is 44.1 Å². The Morgan fingerprint density at radius 1 is 1.00 bits per heavy atom. The van der Waals surface area contributed by atoms with Crippen LogP contribution in [0.2, 0.25) is 0 Å². The smallest absolute Gasteiger partial charge is 0.253 e. The Balaban J connectivity index is 1.21. The van der Waals surface area contributed by atoms with Gasteiger partial charge in [-0.2, -0.15) is 0 Å². The molecular formula is C25H34N4O3. The van der Waals surface area contributed by atoms with E-state index in [0.29, 0.717) is 30.4 Å². The van der Waals surface area contributed by atoms with Gasteiger partial charge in [-0.25, -0.2) is 0 Å². The van der Waals surface area contributed by atoms with Gasteiger partial charge in [-0.1, -0.05) is 12.1 Å². The number of carbonyl (C=O) groups is 1. The minimum atomic E-state index is -0.376. The second-order valence-electron chi connectivity index (χ2n) is 9.45. The molecule has 2 N–H and O–H groups in total. The van der Waals surface area contributed by atoms with Crippen LogP contribution in [0.15, 0.2) is 33.9 Å². The maximum Gasteiger partial charge on any atom is 0.253 e. The first-order valence-corrected chi connectivity index (χ1v) is 11.8. The summed E-state index contributed by atoms with van der Waals surface area (Å²) < 4.78 is 0. The standard InChI is InChI=1S/C25H34N4O3/c1-28(2)20-11-7-18(8-12-20)16-27-25(32)19-9-5-17(6-10-19)15-26-21-22(24(31)23(21)30)29-13-3-4-14-29/h7-8,11-12,17,19,26H,3-6,9-10,13-16H2,1-2H3,(H,27,32). The Morgan fingerprint density at radius 2 is 1.66 bits per heavy atom. The van der Waals surface area contributed by atoms with Crippen LogP contribution in [0.25, 0.3) is 0 Å². The molecule has 7 heteroatoms. The van der Waals surface area contributed by atoms with E-state index >= 15 is 0 Å². The SMILES string of the molecule is CN(C)c1ccc(CNC(=O)C2CCC(CNc3c(N4CCCC4)c(=O)c3=O)CC2)cc1. The topological polar surface area (TPSA) is 81.8 Å². The van der Waals surface area contributed by atoms with Crippen molar-refractivity contribution in [1.82, 2.24) is 5.32 Å². The zero-order valence-corrected chi connectivity index (χ0v) is 19.2. The monoisotopic (exact) mass is 438 g/mol. The molecule has 0 spiro atoms. The van der Waals surface area contributed by atoms with Crippen LogP contribution in [0.4, 0.5) is 17.1 Å².